The lowest BCUT2D eigenvalue weighted by atomic mass is 10.1. The molecule has 0 aliphatic carbocycles. The molecule has 6 heteroatoms. The Kier molecular flexibility index (Phi) is 3.28. The highest BCUT2D eigenvalue weighted by molar-refractivity contribution is 6.04. The van der Waals surface area contributed by atoms with E-state index in [2.05, 4.69) is 9.97 Å². The number of benzene rings is 1. The number of amides is 2. The van der Waals surface area contributed by atoms with Crippen LogP contribution in [0.1, 0.15) is 10.5 Å². The van der Waals surface area contributed by atoms with Crippen LogP contribution in [0.2, 0.25) is 0 Å². The van der Waals surface area contributed by atoms with Crippen LogP contribution in [0.15, 0.2) is 30.6 Å². The van der Waals surface area contributed by atoms with E-state index >= 15 is 0 Å². The molecule has 1 aromatic heterocycles. The molecule has 102 valence electrons. The van der Waals surface area contributed by atoms with E-state index in [9.17, 15) is 9.59 Å². The summed E-state index contributed by atoms with van der Waals surface area (Å²) in [6.07, 6.45) is 2.24. The monoisotopic (exact) mass is 270 g/mol. The molecule has 0 spiro atoms. The maximum Gasteiger partial charge on any atom is 0.273 e. The maximum absolute atomic E-state index is 12.5. The predicted molar refractivity (Wildman–Crippen MR) is 73.1 cm³/mol. The zero-order valence-electron chi connectivity index (χ0n) is 10.9. The van der Waals surface area contributed by atoms with Crippen molar-refractivity contribution >= 4 is 23.2 Å². The van der Waals surface area contributed by atoms with Crippen molar-refractivity contribution in [3.8, 4) is 0 Å². The Morgan fingerprint density at radius 1 is 1.10 bits per heavy atom. The van der Waals surface area contributed by atoms with Crippen molar-refractivity contribution in [2.45, 2.75) is 0 Å². The predicted octanol–water partition coefficient (Wildman–Crippen LogP) is 0.544. The average molecular weight is 270 g/mol. The van der Waals surface area contributed by atoms with E-state index < -0.39 is 0 Å². The van der Waals surface area contributed by atoms with Crippen LogP contribution in [-0.4, -0.2) is 58.3 Å². The third-order valence-electron chi connectivity index (χ3n) is 3.50. The zero-order valence-corrected chi connectivity index (χ0v) is 10.9. The number of fused-ring (bicyclic) bond motifs is 1. The molecule has 1 aliphatic rings. The molecule has 6 nitrogen and oxygen atoms in total. The molecule has 3 rings (SSSR count). The number of para-hydroxylation sites is 1. The number of carbonyl (C=O) groups is 2. The van der Waals surface area contributed by atoms with Gasteiger partial charge in [-0.15, -0.1) is 0 Å². The highest BCUT2D eigenvalue weighted by Crippen LogP contribution is 2.16. The van der Waals surface area contributed by atoms with Gasteiger partial charge in [0.05, 0.1) is 5.52 Å². The highest BCUT2D eigenvalue weighted by atomic mass is 16.2. The number of hydrogen-bond acceptors (Lipinski definition) is 4. The number of carbonyl (C=O) groups excluding carboxylic acids is 2. The molecule has 2 aromatic rings. The van der Waals surface area contributed by atoms with Crippen molar-refractivity contribution in [3.05, 3.63) is 36.3 Å². The van der Waals surface area contributed by atoms with Crippen molar-refractivity contribution in [1.82, 2.24) is 19.8 Å². The highest BCUT2D eigenvalue weighted by Gasteiger charge is 2.23. The summed E-state index contributed by atoms with van der Waals surface area (Å²) in [5.74, 6) is -0.103. The molecule has 1 aromatic carbocycles. The van der Waals surface area contributed by atoms with Crippen LogP contribution >= 0.6 is 0 Å². The van der Waals surface area contributed by atoms with E-state index in [1.807, 2.05) is 24.3 Å². The fourth-order valence-electron chi connectivity index (χ4n) is 2.36. The smallest absolute Gasteiger partial charge is 0.273 e. The van der Waals surface area contributed by atoms with E-state index in [-0.39, 0.29) is 5.91 Å². The molecular formula is C14H14N4O2. The molecule has 0 radical (unpaired) electrons. The first-order valence-electron chi connectivity index (χ1n) is 6.48. The van der Waals surface area contributed by atoms with E-state index in [1.165, 1.54) is 6.33 Å². The van der Waals surface area contributed by atoms with Crippen LogP contribution in [-0.2, 0) is 4.79 Å². The van der Waals surface area contributed by atoms with Crippen molar-refractivity contribution in [3.63, 3.8) is 0 Å². The minimum Gasteiger partial charge on any atom is -0.342 e. The fraction of sp³-hybridized carbons (Fsp3) is 0.286. The Bertz CT molecular complexity index is 645. The van der Waals surface area contributed by atoms with Gasteiger partial charge >= 0.3 is 0 Å². The first-order chi connectivity index (χ1) is 9.79. The maximum atomic E-state index is 12.5. The van der Waals surface area contributed by atoms with Crippen LogP contribution < -0.4 is 0 Å². The lowest BCUT2D eigenvalue weighted by Crippen LogP contribution is -2.48. The van der Waals surface area contributed by atoms with E-state index in [0.717, 1.165) is 17.3 Å². The molecule has 0 saturated carbocycles. The lowest BCUT2D eigenvalue weighted by molar-refractivity contribution is -0.119. The van der Waals surface area contributed by atoms with Gasteiger partial charge in [-0.2, -0.15) is 0 Å². The van der Waals surface area contributed by atoms with Gasteiger partial charge in [-0.25, -0.2) is 9.97 Å². The Morgan fingerprint density at radius 2 is 1.85 bits per heavy atom. The standard InChI is InChI=1S/C14H14N4O2/c19-10-17-5-7-18(8-6-17)14(20)13-11-3-1-2-4-12(11)15-9-16-13/h1-4,9-10H,5-8H2. The van der Waals surface area contributed by atoms with Gasteiger partial charge < -0.3 is 9.80 Å². The number of piperazine rings is 1. The van der Waals surface area contributed by atoms with Gasteiger partial charge in [0.1, 0.15) is 12.0 Å². The summed E-state index contributed by atoms with van der Waals surface area (Å²) >= 11 is 0. The summed E-state index contributed by atoms with van der Waals surface area (Å²) in [6.45, 7) is 2.21. The second-order valence-corrected chi connectivity index (χ2v) is 4.67. The summed E-state index contributed by atoms with van der Waals surface area (Å²) in [5.41, 5.74) is 1.19. The number of rotatable bonds is 2. The molecule has 2 heterocycles. The number of aromatic nitrogens is 2. The molecule has 0 bridgehead atoms. The Hall–Kier alpha value is -2.50. The third-order valence-corrected chi connectivity index (χ3v) is 3.50. The van der Waals surface area contributed by atoms with Gasteiger partial charge in [-0.3, -0.25) is 9.59 Å². The summed E-state index contributed by atoms with van der Waals surface area (Å²) in [6, 6.07) is 7.46. The first-order valence-corrected chi connectivity index (χ1v) is 6.48. The SMILES string of the molecule is O=CN1CCN(C(=O)c2ncnc3ccccc23)CC1. The molecule has 0 N–H and O–H groups in total. The van der Waals surface area contributed by atoms with Crippen molar-refractivity contribution in [2.24, 2.45) is 0 Å². The van der Waals surface area contributed by atoms with Gasteiger partial charge in [-0.1, -0.05) is 18.2 Å². The summed E-state index contributed by atoms with van der Waals surface area (Å²) in [7, 11) is 0. The average Bonchev–Trinajstić information content (AvgIpc) is 2.54. The van der Waals surface area contributed by atoms with E-state index in [4.69, 9.17) is 0 Å². The zero-order chi connectivity index (χ0) is 13.9. The Morgan fingerprint density at radius 3 is 2.60 bits per heavy atom. The van der Waals surface area contributed by atoms with Gasteiger partial charge in [0, 0.05) is 31.6 Å². The normalized spacial score (nSPS) is 15.4. The molecule has 1 aliphatic heterocycles. The Labute approximate surface area is 116 Å². The number of nitrogens with zero attached hydrogens (tertiary/aromatic N) is 4. The lowest BCUT2D eigenvalue weighted by Gasteiger charge is -2.32. The summed E-state index contributed by atoms with van der Waals surface area (Å²) in [4.78, 5) is 34.9. The minimum absolute atomic E-state index is 0.103. The molecule has 0 atom stereocenters. The molecule has 2 amide bonds. The van der Waals surface area contributed by atoms with Crippen LogP contribution in [0.5, 0.6) is 0 Å². The van der Waals surface area contributed by atoms with Crippen molar-refractivity contribution in [2.75, 3.05) is 26.2 Å². The quantitative estimate of drug-likeness (QED) is 0.747. The largest absolute Gasteiger partial charge is 0.342 e. The first kappa shape index (κ1) is 12.5. The van der Waals surface area contributed by atoms with Crippen LogP contribution in [0, 0.1) is 0 Å². The third kappa shape index (κ3) is 2.20. The van der Waals surface area contributed by atoms with Crippen molar-refractivity contribution < 1.29 is 9.59 Å². The fourth-order valence-corrected chi connectivity index (χ4v) is 2.36. The van der Waals surface area contributed by atoms with Gasteiger partial charge in [0.15, 0.2) is 0 Å². The van der Waals surface area contributed by atoms with Gasteiger partial charge in [0.25, 0.3) is 5.91 Å². The van der Waals surface area contributed by atoms with E-state index in [1.54, 1.807) is 9.80 Å². The molecule has 1 saturated heterocycles. The van der Waals surface area contributed by atoms with Crippen LogP contribution in [0.4, 0.5) is 0 Å². The molecule has 1 fully saturated rings. The Balaban J connectivity index is 1.88. The molecule has 0 unspecified atom stereocenters. The number of hydrogen-bond donors (Lipinski definition) is 0. The summed E-state index contributed by atoms with van der Waals surface area (Å²) < 4.78 is 0. The van der Waals surface area contributed by atoms with Crippen LogP contribution in [0.3, 0.4) is 0 Å². The second kappa shape index (κ2) is 5.24. The minimum atomic E-state index is -0.103. The van der Waals surface area contributed by atoms with Gasteiger partial charge in [0.2, 0.25) is 6.41 Å². The van der Waals surface area contributed by atoms with Crippen LogP contribution in [0.25, 0.3) is 10.9 Å². The van der Waals surface area contributed by atoms with E-state index in [0.29, 0.717) is 31.9 Å². The van der Waals surface area contributed by atoms with Crippen molar-refractivity contribution in [1.29, 1.82) is 0 Å². The summed E-state index contributed by atoms with van der Waals surface area (Å²) in [5, 5.41) is 0.762. The molecule has 20 heavy (non-hydrogen) atoms. The van der Waals surface area contributed by atoms with Gasteiger partial charge in [-0.05, 0) is 6.07 Å². The topological polar surface area (TPSA) is 66.4 Å². The second-order valence-electron chi connectivity index (χ2n) is 4.67. The molecular weight excluding hydrogens is 256 g/mol.